The monoisotopic (exact) mass is 390 g/mol. The number of aryl methyl sites for hydroxylation is 1. The number of sulfonamides is 1. The van der Waals surface area contributed by atoms with Gasteiger partial charge < -0.3 is 4.74 Å². The summed E-state index contributed by atoms with van der Waals surface area (Å²) in [6.07, 6.45) is 0. The molecule has 1 N–H and O–H groups in total. The van der Waals surface area contributed by atoms with E-state index in [0.717, 1.165) is 23.1 Å². The maximum Gasteiger partial charge on any atom is 0.240 e. The first-order valence-corrected chi connectivity index (χ1v) is 9.59. The Bertz CT molecular complexity index is 626. The molecular weight excluding hydrogens is 368 g/mol. The quantitative estimate of drug-likeness (QED) is 0.836. The van der Waals surface area contributed by atoms with E-state index in [1.54, 1.807) is 19.1 Å². The molecule has 1 aromatic rings. The summed E-state index contributed by atoms with van der Waals surface area (Å²) in [5.74, 6) is 0. The third-order valence-electron chi connectivity index (χ3n) is 4.00. The summed E-state index contributed by atoms with van der Waals surface area (Å²) in [5, 5.41) is 0. The first kappa shape index (κ1) is 17.9. The average molecular weight is 391 g/mol. The molecule has 0 aliphatic carbocycles. The number of benzene rings is 1. The zero-order valence-corrected chi connectivity index (χ0v) is 15.6. The lowest BCUT2D eigenvalue weighted by molar-refractivity contribution is -0.00803. The summed E-state index contributed by atoms with van der Waals surface area (Å²) in [6, 6.07) is 5.27. The van der Waals surface area contributed by atoms with Crippen LogP contribution in [-0.2, 0) is 14.8 Å². The number of ether oxygens (including phenoxy) is 1. The van der Waals surface area contributed by atoms with E-state index in [9.17, 15) is 8.42 Å². The van der Waals surface area contributed by atoms with Gasteiger partial charge in [-0.1, -0.05) is 22.0 Å². The molecule has 0 saturated carbocycles. The predicted octanol–water partition coefficient (Wildman–Crippen LogP) is 2.15. The second kappa shape index (κ2) is 6.97. The van der Waals surface area contributed by atoms with Crippen molar-refractivity contribution in [2.24, 2.45) is 0 Å². The number of nitrogens with zero attached hydrogens (tertiary/aromatic N) is 1. The van der Waals surface area contributed by atoms with Crippen LogP contribution in [0.1, 0.15) is 19.4 Å². The highest BCUT2D eigenvalue weighted by atomic mass is 79.9. The molecule has 0 atom stereocenters. The Labute approximate surface area is 141 Å². The molecule has 7 heteroatoms. The van der Waals surface area contributed by atoms with Gasteiger partial charge in [0.25, 0.3) is 0 Å². The van der Waals surface area contributed by atoms with Crippen LogP contribution in [0, 0.1) is 6.92 Å². The number of rotatable bonds is 5. The van der Waals surface area contributed by atoms with Gasteiger partial charge in [0, 0.05) is 29.6 Å². The largest absolute Gasteiger partial charge is 0.379 e. The second-order valence-electron chi connectivity index (χ2n) is 6.15. The fourth-order valence-electron chi connectivity index (χ4n) is 2.49. The molecule has 0 unspecified atom stereocenters. The molecule has 1 aliphatic heterocycles. The van der Waals surface area contributed by atoms with Crippen molar-refractivity contribution in [1.29, 1.82) is 0 Å². The topological polar surface area (TPSA) is 58.6 Å². The summed E-state index contributed by atoms with van der Waals surface area (Å²) < 4.78 is 34.0. The van der Waals surface area contributed by atoms with E-state index in [1.807, 2.05) is 6.07 Å². The smallest absolute Gasteiger partial charge is 0.240 e. The predicted molar refractivity (Wildman–Crippen MR) is 90.5 cm³/mol. The molecule has 2 rings (SSSR count). The first-order valence-electron chi connectivity index (χ1n) is 7.31. The van der Waals surface area contributed by atoms with Crippen LogP contribution in [0.4, 0.5) is 0 Å². The standard InChI is InChI=1S/C15H23BrN2O3S/c1-12-4-5-13(16)10-14(12)22(19,20)17-11-15(2,3)18-6-8-21-9-7-18/h4-5,10,17H,6-9,11H2,1-3H3. The number of halogens is 1. The van der Waals surface area contributed by atoms with Gasteiger partial charge in [-0.3, -0.25) is 4.90 Å². The zero-order valence-electron chi connectivity index (χ0n) is 13.2. The number of nitrogens with one attached hydrogen (secondary N) is 1. The van der Waals surface area contributed by atoms with Crippen molar-refractivity contribution >= 4 is 26.0 Å². The molecule has 22 heavy (non-hydrogen) atoms. The highest BCUT2D eigenvalue weighted by Crippen LogP contribution is 2.21. The molecule has 124 valence electrons. The van der Waals surface area contributed by atoms with Crippen molar-refractivity contribution in [2.45, 2.75) is 31.2 Å². The molecule has 0 amide bonds. The fraction of sp³-hybridized carbons (Fsp3) is 0.600. The summed E-state index contributed by atoms with van der Waals surface area (Å²) in [6.45, 7) is 9.30. The van der Waals surface area contributed by atoms with Crippen molar-refractivity contribution < 1.29 is 13.2 Å². The molecule has 0 spiro atoms. The van der Waals surface area contributed by atoms with Crippen LogP contribution in [0.2, 0.25) is 0 Å². The van der Waals surface area contributed by atoms with E-state index in [4.69, 9.17) is 4.74 Å². The van der Waals surface area contributed by atoms with Crippen LogP contribution >= 0.6 is 15.9 Å². The molecule has 5 nitrogen and oxygen atoms in total. The lowest BCUT2D eigenvalue weighted by Gasteiger charge is -2.40. The molecule has 1 saturated heterocycles. The Hall–Kier alpha value is -0.470. The van der Waals surface area contributed by atoms with E-state index in [0.29, 0.717) is 24.7 Å². The maximum atomic E-state index is 12.6. The van der Waals surface area contributed by atoms with Gasteiger partial charge in [-0.05, 0) is 38.5 Å². The lowest BCUT2D eigenvalue weighted by Crippen LogP contribution is -2.55. The van der Waals surface area contributed by atoms with Gasteiger partial charge in [0.1, 0.15) is 0 Å². The number of hydrogen-bond donors (Lipinski definition) is 1. The van der Waals surface area contributed by atoms with E-state index in [-0.39, 0.29) is 5.54 Å². The Kier molecular flexibility index (Phi) is 5.66. The van der Waals surface area contributed by atoms with E-state index < -0.39 is 10.0 Å². The van der Waals surface area contributed by atoms with E-state index in [2.05, 4.69) is 39.4 Å². The highest BCUT2D eigenvalue weighted by Gasteiger charge is 2.30. The summed E-state index contributed by atoms with van der Waals surface area (Å²) in [4.78, 5) is 2.58. The third-order valence-corrected chi connectivity index (χ3v) is 6.04. The normalized spacial score (nSPS) is 17.6. The minimum atomic E-state index is -3.52. The van der Waals surface area contributed by atoms with Crippen molar-refractivity contribution in [1.82, 2.24) is 9.62 Å². The lowest BCUT2D eigenvalue weighted by atomic mass is 10.0. The van der Waals surface area contributed by atoms with Crippen LogP contribution < -0.4 is 4.72 Å². The molecule has 0 bridgehead atoms. The average Bonchev–Trinajstić information content (AvgIpc) is 2.49. The number of morpholine rings is 1. The van der Waals surface area contributed by atoms with E-state index >= 15 is 0 Å². The maximum absolute atomic E-state index is 12.6. The molecule has 0 radical (unpaired) electrons. The zero-order chi connectivity index (χ0) is 16.4. The Morgan fingerprint density at radius 3 is 2.59 bits per heavy atom. The van der Waals surface area contributed by atoms with Crippen LogP contribution in [0.25, 0.3) is 0 Å². The van der Waals surface area contributed by atoms with Crippen LogP contribution in [0.15, 0.2) is 27.6 Å². The van der Waals surface area contributed by atoms with Gasteiger partial charge in [0.15, 0.2) is 0 Å². The van der Waals surface area contributed by atoms with Crippen molar-refractivity contribution in [3.8, 4) is 0 Å². The van der Waals surface area contributed by atoms with Gasteiger partial charge in [-0.25, -0.2) is 13.1 Å². The number of hydrogen-bond acceptors (Lipinski definition) is 4. The summed E-state index contributed by atoms with van der Waals surface area (Å²) >= 11 is 3.33. The van der Waals surface area contributed by atoms with Crippen molar-refractivity contribution in [2.75, 3.05) is 32.8 Å². The first-order chi connectivity index (χ1) is 10.2. The van der Waals surface area contributed by atoms with Gasteiger partial charge in [-0.2, -0.15) is 0 Å². The summed E-state index contributed by atoms with van der Waals surface area (Å²) in [5.41, 5.74) is 0.483. The van der Waals surface area contributed by atoms with Crippen molar-refractivity contribution in [3.05, 3.63) is 28.2 Å². The van der Waals surface area contributed by atoms with E-state index in [1.165, 1.54) is 0 Å². The third kappa shape index (κ3) is 4.29. The highest BCUT2D eigenvalue weighted by molar-refractivity contribution is 9.10. The van der Waals surface area contributed by atoms with Gasteiger partial charge in [-0.15, -0.1) is 0 Å². The molecule has 1 fully saturated rings. The van der Waals surface area contributed by atoms with Crippen LogP contribution in [0.5, 0.6) is 0 Å². The van der Waals surface area contributed by atoms with Crippen molar-refractivity contribution in [3.63, 3.8) is 0 Å². The Balaban J connectivity index is 2.10. The SMILES string of the molecule is Cc1ccc(Br)cc1S(=O)(=O)NCC(C)(C)N1CCOCC1. The van der Waals surface area contributed by atoms with Crippen LogP contribution in [0.3, 0.4) is 0 Å². The molecule has 1 aromatic carbocycles. The second-order valence-corrected chi connectivity index (χ2v) is 8.80. The summed E-state index contributed by atoms with van der Waals surface area (Å²) in [7, 11) is -3.52. The van der Waals surface area contributed by atoms with Gasteiger partial charge in [0.2, 0.25) is 10.0 Å². The van der Waals surface area contributed by atoms with Gasteiger partial charge in [0.05, 0.1) is 18.1 Å². The Morgan fingerprint density at radius 1 is 1.32 bits per heavy atom. The van der Waals surface area contributed by atoms with Crippen LogP contribution in [-0.4, -0.2) is 51.7 Å². The Morgan fingerprint density at radius 2 is 1.95 bits per heavy atom. The molecule has 1 heterocycles. The molecular formula is C15H23BrN2O3S. The molecule has 1 aliphatic rings. The fourth-order valence-corrected chi connectivity index (χ4v) is 4.48. The molecule has 0 aromatic heterocycles. The minimum absolute atomic E-state index is 0.253. The van der Waals surface area contributed by atoms with Gasteiger partial charge >= 0.3 is 0 Å². The minimum Gasteiger partial charge on any atom is -0.379 e.